The van der Waals surface area contributed by atoms with Crippen molar-refractivity contribution in [2.45, 2.75) is 13.0 Å². The lowest BCUT2D eigenvalue weighted by atomic mass is 10.2. The predicted molar refractivity (Wildman–Crippen MR) is 83.3 cm³/mol. The van der Waals surface area contributed by atoms with E-state index >= 15 is 0 Å². The molecule has 0 aliphatic heterocycles. The van der Waals surface area contributed by atoms with E-state index in [4.69, 9.17) is 0 Å². The van der Waals surface area contributed by atoms with Gasteiger partial charge in [0.25, 0.3) is 0 Å². The third-order valence-corrected chi connectivity index (χ3v) is 2.73. The van der Waals surface area contributed by atoms with Gasteiger partial charge in [-0.05, 0) is 38.2 Å². The predicted octanol–water partition coefficient (Wildman–Crippen LogP) is 2.85. The number of rotatable bonds is 5. The molecule has 2 nitrogen and oxygen atoms in total. The van der Waals surface area contributed by atoms with Crippen molar-refractivity contribution in [3.8, 4) is 0 Å². The zero-order valence-electron chi connectivity index (χ0n) is 11.9. The number of hydrogen-bond donors (Lipinski definition) is 2. The van der Waals surface area contributed by atoms with Gasteiger partial charge in [-0.25, -0.2) is 0 Å². The summed E-state index contributed by atoms with van der Waals surface area (Å²) in [7, 11) is 3.93. The summed E-state index contributed by atoms with van der Waals surface area (Å²) in [5.41, 5.74) is 2.73. The zero-order valence-corrected chi connectivity index (χ0v) is 11.9. The van der Waals surface area contributed by atoms with Crippen LogP contribution in [-0.4, -0.2) is 20.6 Å². The Morgan fingerprint density at radius 3 is 1.68 bits per heavy atom. The molecule has 0 aliphatic rings. The molecule has 0 amide bonds. The molecule has 0 spiro atoms. The highest BCUT2D eigenvalue weighted by Crippen LogP contribution is 1.97. The first-order valence-corrected chi connectivity index (χ1v) is 6.74. The van der Waals surface area contributed by atoms with Crippen LogP contribution < -0.4 is 10.6 Å². The minimum absolute atomic E-state index is 0.959. The molecular weight excluding hydrogens is 232 g/mol. The monoisotopic (exact) mass is 256 g/mol. The van der Waals surface area contributed by atoms with E-state index in [0.717, 1.165) is 19.5 Å². The molecule has 0 aliphatic carbocycles. The van der Waals surface area contributed by atoms with Gasteiger partial charge in [0.05, 0.1) is 0 Å². The molecule has 19 heavy (non-hydrogen) atoms. The lowest BCUT2D eigenvalue weighted by molar-refractivity contribution is 0.792. The summed E-state index contributed by atoms with van der Waals surface area (Å²) < 4.78 is 0. The van der Waals surface area contributed by atoms with Crippen molar-refractivity contribution in [2.75, 3.05) is 20.6 Å². The fourth-order valence-electron chi connectivity index (χ4n) is 1.71. The van der Waals surface area contributed by atoms with Crippen LogP contribution in [0.5, 0.6) is 0 Å². The molecule has 0 saturated carbocycles. The average Bonchev–Trinajstić information content (AvgIpc) is 2.48. The van der Waals surface area contributed by atoms with Gasteiger partial charge in [-0.1, -0.05) is 60.7 Å². The Morgan fingerprint density at radius 1 is 0.684 bits per heavy atom. The molecule has 102 valence electrons. The molecule has 2 aromatic carbocycles. The van der Waals surface area contributed by atoms with Crippen LogP contribution in [0.2, 0.25) is 0 Å². The quantitative estimate of drug-likeness (QED) is 0.859. The number of benzene rings is 2. The largest absolute Gasteiger partial charge is 0.319 e. The van der Waals surface area contributed by atoms with E-state index in [1.807, 2.05) is 38.4 Å². The summed E-state index contributed by atoms with van der Waals surface area (Å²) in [6.45, 7) is 2.02. The molecule has 0 radical (unpaired) electrons. The third-order valence-electron chi connectivity index (χ3n) is 2.73. The molecule has 0 unspecified atom stereocenters. The Balaban J connectivity index is 0.000000191. The fraction of sp³-hybridized carbons (Fsp3) is 0.294. The summed E-state index contributed by atoms with van der Waals surface area (Å²) in [5, 5.41) is 6.20. The minimum atomic E-state index is 0.959. The number of nitrogens with one attached hydrogen (secondary N) is 2. The second-order valence-corrected chi connectivity index (χ2v) is 4.36. The van der Waals surface area contributed by atoms with Gasteiger partial charge in [-0.2, -0.15) is 0 Å². The lowest BCUT2D eigenvalue weighted by Gasteiger charge is -1.97. The first-order valence-electron chi connectivity index (χ1n) is 6.74. The van der Waals surface area contributed by atoms with Gasteiger partial charge in [0.2, 0.25) is 0 Å². The molecule has 2 rings (SSSR count). The fourth-order valence-corrected chi connectivity index (χ4v) is 1.71. The normalized spacial score (nSPS) is 9.58. The van der Waals surface area contributed by atoms with Crippen molar-refractivity contribution in [3.63, 3.8) is 0 Å². The van der Waals surface area contributed by atoms with Crippen molar-refractivity contribution < 1.29 is 0 Å². The van der Waals surface area contributed by atoms with Gasteiger partial charge in [0, 0.05) is 6.54 Å². The standard InChI is InChI=1S/C9H13N.C8H11N/c1-10-8-7-9-5-3-2-4-6-9;1-9-7-8-5-3-2-4-6-8/h2-6,10H,7-8H2,1H3;2-6,9H,7H2,1H3. The summed E-state index contributed by atoms with van der Waals surface area (Å²) in [6, 6.07) is 20.8. The molecule has 0 saturated heterocycles. The molecule has 0 atom stereocenters. The van der Waals surface area contributed by atoms with Crippen LogP contribution >= 0.6 is 0 Å². The van der Waals surface area contributed by atoms with E-state index in [0.29, 0.717) is 0 Å². The van der Waals surface area contributed by atoms with E-state index in [-0.39, 0.29) is 0 Å². The average molecular weight is 256 g/mol. The van der Waals surface area contributed by atoms with Gasteiger partial charge < -0.3 is 10.6 Å². The van der Waals surface area contributed by atoms with Gasteiger partial charge in [0.1, 0.15) is 0 Å². The van der Waals surface area contributed by atoms with Gasteiger partial charge in [0.15, 0.2) is 0 Å². The molecule has 0 bridgehead atoms. The van der Waals surface area contributed by atoms with Gasteiger partial charge in [-0.3, -0.25) is 0 Å². The van der Waals surface area contributed by atoms with Crippen LogP contribution in [0.25, 0.3) is 0 Å². The maximum atomic E-state index is 3.12. The van der Waals surface area contributed by atoms with Crippen LogP contribution in [0.3, 0.4) is 0 Å². The maximum absolute atomic E-state index is 3.12. The maximum Gasteiger partial charge on any atom is 0.0202 e. The first-order chi connectivity index (χ1) is 9.36. The minimum Gasteiger partial charge on any atom is -0.319 e. The Hall–Kier alpha value is -1.64. The van der Waals surface area contributed by atoms with Crippen molar-refractivity contribution in [2.24, 2.45) is 0 Å². The Kier molecular flexibility index (Phi) is 8.36. The van der Waals surface area contributed by atoms with E-state index < -0.39 is 0 Å². The highest BCUT2D eigenvalue weighted by molar-refractivity contribution is 5.15. The molecule has 0 fully saturated rings. The Morgan fingerprint density at radius 2 is 1.21 bits per heavy atom. The smallest absolute Gasteiger partial charge is 0.0202 e. The van der Waals surface area contributed by atoms with E-state index in [2.05, 4.69) is 47.0 Å². The summed E-state index contributed by atoms with van der Waals surface area (Å²) in [4.78, 5) is 0. The molecule has 2 aromatic rings. The van der Waals surface area contributed by atoms with Crippen LogP contribution in [0.1, 0.15) is 11.1 Å². The summed E-state index contributed by atoms with van der Waals surface area (Å²) in [6.07, 6.45) is 1.12. The summed E-state index contributed by atoms with van der Waals surface area (Å²) in [5.74, 6) is 0. The second-order valence-electron chi connectivity index (χ2n) is 4.36. The van der Waals surface area contributed by atoms with Crippen molar-refractivity contribution in [3.05, 3.63) is 71.8 Å². The first kappa shape index (κ1) is 15.4. The lowest BCUT2D eigenvalue weighted by Crippen LogP contribution is -2.09. The van der Waals surface area contributed by atoms with Gasteiger partial charge >= 0.3 is 0 Å². The van der Waals surface area contributed by atoms with Crippen molar-refractivity contribution in [1.29, 1.82) is 0 Å². The van der Waals surface area contributed by atoms with E-state index in [1.165, 1.54) is 11.1 Å². The van der Waals surface area contributed by atoms with Crippen molar-refractivity contribution in [1.82, 2.24) is 10.6 Å². The Bertz CT molecular complexity index is 412. The summed E-state index contributed by atoms with van der Waals surface area (Å²) >= 11 is 0. The molecule has 2 N–H and O–H groups in total. The zero-order chi connectivity index (χ0) is 13.8. The van der Waals surface area contributed by atoms with Crippen LogP contribution in [0.4, 0.5) is 0 Å². The highest BCUT2D eigenvalue weighted by Gasteiger charge is 1.86. The second kappa shape index (κ2) is 10.3. The topological polar surface area (TPSA) is 24.1 Å². The van der Waals surface area contributed by atoms with Crippen molar-refractivity contribution >= 4 is 0 Å². The molecule has 0 heterocycles. The highest BCUT2D eigenvalue weighted by atomic mass is 14.8. The number of hydrogen-bond acceptors (Lipinski definition) is 2. The molecule has 2 heteroatoms. The number of likely N-dealkylation sites (N-methyl/N-ethyl adjacent to an activating group) is 1. The van der Waals surface area contributed by atoms with Crippen LogP contribution in [0.15, 0.2) is 60.7 Å². The van der Waals surface area contributed by atoms with Crippen LogP contribution in [-0.2, 0) is 13.0 Å². The van der Waals surface area contributed by atoms with Crippen LogP contribution in [0, 0.1) is 0 Å². The molecular formula is C17H24N2. The third kappa shape index (κ3) is 7.39. The molecule has 0 aromatic heterocycles. The van der Waals surface area contributed by atoms with Gasteiger partial charge in [-0.15, -0.1) is 0 Å². The SMILES string of the molecule is CNCCc1ccccc1.CNCc1ccccc1. The van der Waals surface area contributed by atoms with E-state index in [1.54, 1.807) is 0 Å². The Labute approximate surface area is 116 Å². The van der Waals surface area contributed by atoms with E-state index in [9.17, 15) is 0 Å².